The van der Waals surface area contributed by atoms with Gasteiger partial charge in [-0.1, -0.05) is 24.3 Å². The summed E-state index contributed by atoms with van der Waals surface area (Å²) in [5.41, 5.74) is 6.35. The van der Waals surface area contributed by atoms with E-state index in [0.29, 0.717) is 0 Å². The molecule has 2 heteroatoms. The van der Waals surface area contributed by atoms with Crippen LogP contribution in [0.1, 0.15) is 29.5 Å². The largest absolute Gasteiger partial charge is 0.496 e. The van der Waals surface area contributed by atoms with Crippen molar-refractivity contribution in [3.05, 3.63) is 53.1 Å². The fourth-order valence-electron chi connectivity index (χ4n) is 2.93. The Kier molecular flexibility index (Phi) is 3.98. The highest BCUT2D eigenvalue weighted by Gasteiger charge is 2.20. The zero-order valence-electron chi connectivity index (χ0n) is 13.1. The van der Waals surface area contributed by atoms with Crippen LogP contribution in [0.2, 0.25) is 0 Å². The van der Waals surface area contributed by atoms with Crippen molar-refractivity contribution in [2.24, 2.45) is 0 Å². The maximum atomic E-state index is 5.47. The number of methoxy groups -OCH3 is 1. The van der Waals surface area contributed by atoms with E-state index in [2.05, 4.69) is 55.6 Å². The molecule has 0 atom stereocenters. The van der Waals surface area contributed by atoms with E-state index in [0.717, 1.165) is 18.3 Å². The molecule has 0 unspecified atom stereocenters. The molecule has 1 N–H and O–H groups in total. The van der Waals surface area contributed by atoms with Crippen molar-refractivity contribution >= 4 is 0 Å². The van der Waals surface area contributed by atoms with Crippen molar-refractivity contribution in [3.63, 3.8) is 0 Å². The van der Waals surface area contributed by atoms with Crippen LogP contribution in [-0.2, 0) is 6.54 Å². The Morgan fingerprint density at radius 3 is 2.38 bits per heavy atom. The van der Waals surface area contributed by atoms with Gasteiger partial charge in [0, 0.05) is 12.6 Å². The molecule has 1 saturated carbocycles. The molecule has 110 valence electrons. The quantitative estimate of drug-likeness (QED) is 0.885. The third-order valence-corrected chi connectivity index (χ3v) is 4.15. The fraction of sp³-hybridized carbons (Fsp3) is 0.368. The van der Waals surface area contributed by atoms with Crippen LogP contribution < -0.4 is 10.1 Å². The van der Waals surface area contributed by atoms with Crippen LogP contribution in [0, 0.1) is 13.8 Å². The molecule has 0 bridgehead atoms. The van der Waals surface area contributed by atoms with Crippen LogP contribution >= 0.6 is 0 Å². The standard InChI is InChI=1S/C19H23NO/c1-13-10-16(11-14(2)19(13)21-3)18-7-5-4-6-15(18)12-20-17-8-9-17/h4-7,10-11,17,20H,8-9,12H2,1-3H3. The predicted octanol–water partition coefficient (Wildman–Crippen LogP) is 4.23. The molecule has 0 aromatic heterocycles. The second-order valence-corrected chi connectivity index (χ2v) is 5.96. The topological polar surface area (TPSA) is 21.3 Å². The highest BCUT2D eigenvalue weighted by atomic mass is 16.5. The minimum Gasteiger partial charge on any atom is -0.496 e. The maximum Gasteiger partial charge on any atom is 0.124 e. The van der Waals surface area contributed by atoms with Crippen molar-refractivity contribution in [2.75, 3.05) is 7.11 Å². The summed E-state index contributed by atoms with van der Waals surface area (Å²) < 4.78 is 5.47. The molecule has 1 aliphatic rings. The summed E-state index contributed by atoms with van der Waals surface area (Å²) in [4.78, 5) is 0. The highest BCUT2D eigenvalue weighted by Crippen LogP contribution is 2.32. The first-order valence-corrected chi connectivity index (χ1v) is 7.66. The first kappa shape index (κ1) is 14.2. The van der Waals surface area contributed by atoms with Crippen LogP contribution in [0.4, 0.5) is 0 Å². The Morgan fingerprint density at radius 1 is 1.10 bits per heavy atom. The minimum atomic E-state index is 0.734. The smallest absolute Gasteiger partial charge is 0.124 e. The summed E-state index contributed by atoms with van der Waals surface area (Å²) in [6, 6.07) is 13.9. The van der Waals surface area contributed by atoms with E-state index in [-0.39, 0.29) is 0 Å². The molecule has 3 rings (SSSR count). The molecule has 21 heavy (non-hydrogen) atoms. The molecule has 0 saturated heterocycles. The molecule has 2 aromatic carbocycles. The number of nitrogens with one attached hydrogen (secondary N) is 1. The molecule has 2 aromatic rings. The molecule has 1 aliphatic carbocycles. The van der Waals surface area contributed by atoms with E-state index in [1.54, 1.807) is 7.11 Å². The third-order valence-electron chi connectivity index (χ3n) is 4.15. The van der Waals surface area contributed by atoms with Gasteiger partial charge in [0.15, 0.2) is 0 Å². The molecule has 0 amide bonds. The number of rotatable bonds is 5. The fourth-order valence-corrected chi connectivity index (χ4v) is 2.93. The van der Waals surface area contributed by atoms with Crippen molar-refractivity contribution in [1.82, 2.24) is 5.32 Å². The van der Waals surface area contributed by atoms with Crippen molar-refractivity contribution in [3.8, 4) is 16.9 Å². The summed E-state index contributed by atoms with van der Waals surface area (Å²) in [7, 11) is 1.74. The van der Waals surface area contributed by atoms with E-state index in [9.17, 15) is 0 Å². The summed E-state index contributed by atoms with van der Waals surface area (Å²) >= 11 is 0. The summed E-state index contributed by atoms with van der Waals surface area (Å²) in [6.45, 7) is 5.17. The Bertz CT molecular complexity index is 621. The lowest BCUT2D eigenvalue weighted by Gasteiger charge is -2.14. The van der Waals surface area contributed by atoms with Crippen molar-refractivity contribution in [1.29, 1.82) is 0 Å². The lowest BCUT2D eigenvalue weighted by Crippen LogP contribution is -2.15. The van der Waals surface area contributed by atoms with E-state index in [1.807, 2.05) is 0 Å². The summed E-state index contributed by atoms with van der Waals surface area (Å²) in [5.74, 6) is 0.993. The number of benzene rings is 2. The summed E-state index contributed by atoms with van der Waals surface area (Å²) in [6.07, 6.45) is 2.64. The summed E-state index contributed by atoms with van der Waals surface area (Å²) in [5, 5.41) is 3.61. The van der Waals surface area contributed by atoms with Crippen LogP contribution in [0.25, 0.3) is 11.1 Å². The number of hydrogen-bond donors (Lipinski definition) is 1. The van der Waals surface area contributed by atoms with Gasteiger partial charge in [0.05, 0.1) is 7.11 Å². The zero-order valence-corrected chi connectivity index (χ0v) is 13.1. The number of hydrogen-bond acceptors (Lipinski definition) is 2. The van der Waals surface area contributed by atoms with E-state index in [1.165, 1.54) is 40.7 Å². The molecule has 0 spiro atoms. The SMILES string of the molecule is COc1c(C)cc(-c2ccccc2CNC2CC2)cc1C. The van der Waals surface area contributed by atoms with Gasteiger partial charge in [-0.25, -0.2) is 0 Å². The second kappa shape index (κ2) is 5.90. The van der Waals surface area contributed by atoms with E-state index >= 15 is 0 Å². The van der Waals surface area contributed by atoms with Crippen LogP contribution in [0.5, 0.6) is 5.75 Å². The molecule has 0 radical (unpaired) electrons. The Morgan fingerprint density at radius 2 is 1.76 bits per heavy atom. The monoisotopic (exact) mass is 281 g/mol. The lowest BCUT2D eigenvalue weighted by atomic mass is 9.96. The Balaban J connectivity index is 1.95. The number of aryl methyl sites for hydroxylation is 2. The molecular weight excluding hydrogens is 258 g/mol. The molecule has 2 nitrogen and oxygen atoms in total. The highest BCUT2D eigenvalue weighted by molar-refractivity contribution is 5.70. The number of ether oxygens (including phenoxy) is 1. The van der Waals surface area contributed by atoms with Crippen LogP contribution in [-0.4, -0.2) is 13.2 Å². The van der Waals surface area contributed by atoms with Gasteiger partial charge < -0.3 is 10.1 Å². The molecule has 0 aliphatic heterocycles. The van der Waals surface area contributed by atoms with Gasteiger partial charge in [0.25, 0.3) is 0 Å². The van der Waals surface area contributed by atoms with E-state index < -0.39 is 0 Å². The third kappa shape index (κ3) is 3.11. The van der Waals surface area contributed by atoms with Gasteiger partial charge in [-0.3, -0.25) is 0 Å². The van der Waals surface area contributed by atoms with Gasteiger partial charge in [0.2, 0.25) is 0 Å². The molecule has 1 fully saturated rings. The molecule has 0 heterocycles. The lowest BCUT2D eigenvalue weighted by molar-refractivity contribution is 0.408. The second-order valence-electron chi connectivity index (χ2n) is 5.96. The van der Waals surface area contributed by atoms with Crippen LogP contribution in [0.15, 0.2) is 36.4 Å². The van der Waals surface area contributed by atoms with Gasteiger partial charge in [-0.15, -0.1) is 0 Å². The van der Waals surface area contributed by atoms with Crippen LogP contribution in [0.3, 0.4) is 0 Å². The first-order valence-electron chi connectivity index (χ1n) is 7.66. The maximum absolute atomic E-state index is 5.47. The average molecular weight is 281 g/mol. The zero-order chi connectivity index (χ0) is 14.8. The molecular formula is C19H23NO. The van der Waals surface area contributed by atoms with Gasteiger partial charge >= 0.3 is 0 Å². The van der Waals surface area contributed by atoms with Crippen molar-refractivity contribution in [2.45, 2.75) is 39.3 Å². The first-order chi connectivity index (χ1) is 10.2. The average Bonchev–Trinajstić information content (AvgIpc) is 3.29. The predicted molar refractivity (Wildman–Crippen MR) is 87.8 cm³/mol. The normalized spacial score (nSPS) is 14.2. The van der Waals surface area contributed by atoms with E-state index in [4.69, 9.17) is 4.74 Å². The minimum absolute atomic E-state index is 0.734. The van der Waals surface area contributed by atoms with Crippen molar-refractivity contribution < 1.29 is 4.74 Å². The Labute approximate surface area is 127 Å². The van der Waals surface area contributed by atoms with Gasteiger partial charge in [0.1, 0.15) is 5.75 Å². The van der Waals surface area contributed by atoms with Gasteiger partial charge in [-0.2, -0.15) is 0 Å². The van der Waals surface area contributed by atoms with Gasteiger partial charge in [-0.05, 0) is 66.6 Å². The Hall–Kier alpha value is -1.80.